The van der Waals surface area contributed by atoms with Crippen molar-refractivity contribution in [2.45, 2.75) is 39.5 Å². The Labute approximate surface area is 118 Å². The molecule has 0 aromatic rings. The fraction of sp³-hybridized carbons (Fsp3) is 0.833. The van der Waals surface area contributed by atoms with E-state index in [-0.39, 0.29) is 42.1 Å². The zero-order chi connectivity index (χ0) is 8.55. The first-order valence-electron chi connectivity index (χ1n) is 5.42. The van der Waals surface area contributed by atoms with Crippen LogP contribution in [0.15, 0.2) is 0 Å². The topological polar surface area (TPSA) is 0 Å². The van der Waals surface area contributed by atoms with Gasteiger partial charge in [0.05, 0.1) is 0 Å². The smallest absolute Gasteiger partial charge is 0 e. The SMILES string of the molecule is CC1[CH-]CC2CC(C)[CH-]CC2C1.[W].[W]. The molecule has 2 heteroatoms. The number of fused-ring (bicyclic) bond motifs is 1. The van der Waals surface area contributed by atoms with Crippen molar-refractivity contribution in [3.05, 3.63) is 12.8 Å². The van der Waals surface area contributed by atoms with Gasteiger partial charge in [-0.3, -0.25) is 0 Å². The summed E-state index contributed by atoms with van der Waals surface area (Å²) < 4.78 is 0. The maximum Gasteiger partial charge on any atom is 0 e. The van der Waals surface area contributed by atoms with E-state index in [1.54, 1.807) is 0 Å². The van der Waals surface area contributed by atoms with E-state index >= 15 is 0 Å². The van der Waals surface area contributed by atoms with Crippen molar-refractivity contribution in [1.29, 1.82) is 0 Å². The van der Waals surface area contributed by atoms with E-state index in [2.05, 4.69) is 26.7 Å². The Balaban J connectivity index is 0.000000845. The van der Waals surface area contributed by atoms with Crippen molar-refractivity contribution in [3.63, 3.8) is 0 Å². The van der Waals surface area contributed by atoms with Crippen LogP contribution in [-0.2, 0) is 42.1 Å². The quantitative estimate of drug-likeness (QED) is 0.420. The van der Waals surface area contributed by atoms with Crippen LogP contribution in [0.4, 0.5) is 0 Å². The maximum atomic E-state index is 2.54. The monoisotopic (exact) mass is 532 g/mol. The Morgan fingerprint density at radius 3 is 1.50 bits per heavy atom. The minimum Gasteiger partial charge on any atom is -0.325 e. The molecule has 0 nitrogen and oxygen atoms in total. The summed E-state index contributed by atoms with van der Waals surface area (Å²) in [4.78, 5) is 0. The Hall–Kier alpha value is 1.38. The molecule has 0 radical (unpaired) electrons. The molecular weight excluding hydrogens is 512 g/mol. The predicted octanol–water partition coefficient (Wildman–Crippen LogP) is 3.48. The zero-order valence-electron chi connectivity index (χ0n) is 9.11. The predicted molar refractivity (Wildman–Crippen MR) is 52.4 cm³/mol. The normalized spacial score (nSPS) is 41.6. The van der Waals surface area contributed by atoms with Gasteiger partial charge in [0, 0.05) is 42.1 Å². The van der Waals surface area contributed by atoms with Crippen LogP contribution in [0.5, 0.6) is 0 Å². The van der Waals surface area contributed by atoms with E-state index in [9.17, 15) is 0 Å². The van der Waals surface area contributed by atoms with Gasteiger partial charge >= 0.3 is 0 Å². The Kier molecular flexibility index (Phi) is 7.53. The third-order valence-corrected chi connectivity index (χ3v) is 3.70. The van der Waals surface area contributed by atoms with Gasteiger partial charge in [-0.05, 0) is 0 Å². The van der Waals surface area contributed by atoms with Gasteiger partial charge in [-0.1, -0.05) is 38.5 Å². The standard InChI is InChI=1S/C12H20.2W/c1-9-3-5-12-8-10(2)4-6-11(12)7-9;;/h3-4,9-12H,5-8H2,1-2H3;;/q-2;;. The molecule has 2 aliphatic carbocycles. The summed E-state index contributed by atoms with van der Waals surface area (Å²) in [6.45, 7) is 4.74. The largest absolute Gasteiger partial charge is 0.325 e. The minimum absolute atomic E-state index is 0. The summed E-state index contributed by atoms with van der Waals surface area (Å²) in [5.41, 5.74) is 0. The molecule has 2 fully saturated rings. The number of hydrogen-bond acceptors (Lipinski definition) is 0. The zero-order valence-corrected chi connectivity index (χ0v) is 15.0. The second kappa shape index (κ2) is 6.85. The number of rotatable bonds is 0. The van der Waals surface area contributed by atoms with Crippen molar-refractivity contribution < 1.29 is 42.1 Å². The fourth-order valence-corrected chi connectivity index (χ4v) is 2.92. The molecule has 2 rings (SSSR count). The summed E-state index contributed by atoms with van der Waals surface area (Å²) in [6, 6.07) is 0. The molecule has 0 spiro atoms. The van der Waals surface area contributed by atoms with Gasteiger partial charge in [-0.25, -0.2) is 0 Å². The van der Waals surface area contributed by atoms with Crippen LogP contribution in [0, 0.1) is 36.5 Å². The third-order valence-electron chi connectivity index (χ3n) is 3.70. The second-order valence-electron chi connectivity index (χ2n) is 4.89. The molecule has 2 aliphatic rings. The first kappa shape index (κ1) is 15.4. The van der Waals surface area contributed by atoms with Crippen molar-refractivity contribution in [2.75, 3.05) is 0 Å². The number of hydrogen-bond donors (Lipinski definition) is 0. The van der Waals surface area contributed by atoms with Crippen molar-refractivity contribution >= 4 is 0 Å². The van der Waals surface area contributed by atoms with E-state index in [0.717, 1.165) is 23.7 Å². The molecule has 0 aromatic heterocycles. The summed E-state index contributed by atoms with van der Waals surface area (Å²) in [6.07, 6.45) is 10.8. The summed E-state index contributed by atoms with van der Waals surface area (Å²) in [5.74, 6) is 3.82. The van der Waals surface area contributed by atoms with Gasteiger partial charge < -0.3 is 12.8 Å². The molecular formula is C12H20W2-2. The van der Waals surface area contributed by atoms with Crippen LogP contribution in [-0.4, -0.2) is 0 Å². The molecule has 0 bridgehead atoms. The molecule has 0 aromatic carbocycles. The Bertz CT molecular complexity index is 140. The van der Waals surface area contributed by atoms with Gasteiger partial charge in [0.2, 0.25) is 0 Å². The third kappa shape index (κ3) is 3.75. The molecule has 0 saturated heterocycles. The van der Waals surface area contributed by atoms with Crippen LogP contribution < -0.4 is 0 Å². The Morgan fingerprint density at radius 2 is 1.14 bits per heavy atom. The maximum absolute atomic E-state index is 2.54. The molecule has 14 heavy (non-hydrogen) atoms. The van der Waals surface area contributed by atoms with E-state index in [1.165, 1.54) is 25.7 Å². The van der Waals surface area contributed by atoms with E-state index < -0.39 is 0 Å². The molecule has 0 N–H and O–H groups in total. The van der Waals surface area contributed by atoms with Gasteiger partial charge in [0.1, 0.15) is 0 Å². The van der Waals surface area contributed by atoms with Crippen molar-refractivity contribution in [2.24, 2.45) is 23.7 Å². The summed E-state index contributed by atoms with van der Waals surface area (Å²) >= 11 is 0. The Morgan fingerprint density at radius 1 is 0.786 bits per heavy atom. The van der Waals surface area contributed by atoms with Gasteiger partial charge in [0.15, 0.2) is 0 Å². The average molecular weight is 532 g/mol. The van der Waals surface area contributed by atoms with Gasteiger partial charge in [-0.2, -0.15) is 24.7 Å². The molecule has 4 unspecified atom stereocenters. The van der Waals surface area contributed by atoms with Crippen LogP contribution in [0.2, 0.25) is 0 Å². The molecule has 82 valence electrons. The van der Waals surface area contributed by atoms with E-state index in [0.29, 0.717) is 0 Å². The first-order chi connectivity index (χ1) is 5.75. The van der Waals surface area contributed by atoms with Crippen LogP contribution in [0.3, 0.4) is 0 Å². The summed E-state index contributed by atoms with van der Waals surface area (Å²) in [5, 5.41) is 0. The van der Waals surface area contributed by atoms with Crippen molar-refractivity contribution in [1.82, 2.24) is 0 Å². The van der Waals surface area contributed by atoms with Crippen LogP contribution in [0.1, 0.15) is 39.5 Å². The first-order valence-corrected chi connectivity index (χ1v) is 5.42. The van der Waals surface area contributed by atoms with Gasteiger partial charge in [-0.15, -0.1) is 0 Å². The average Bonchev–Trinajstić information content (AvgIpc) is 2.05. The van der Waals surface area contributed by atoms with Crippen LogP contribution >= 0.6 is 0 Å². The molecule has 0 aliphatic heterocycles. The molecule has 0 amide bonds. The molecule has 0 heterocycles. The summed E-state index contributed by atoms with van der Waals surface area (Å²) in [7, 11) is 0. The van der Waals surface area contributed by atoms with Crippen molar-refractivity contribution in [3.8, 4) is 0 Å². The fourth-order valence-electron chi connectivity index (χ4n) is 2.92. The molecule has 4 atom stereocenters. The van der Waals surface area contributed by atoms with Gasteiger partial charge in [0.25, 0.3) is 0 Å². The molecule has 2 saturated carbocycles. The minimum atomic E-state index is 0. The van der Waals surface area contributed by atoms with Crippen LogP contribution in [0.25, 0.3) is 0 Å². The van der Waals surface area contributed by atoms with E-state index in [1.807, 2.05) is 0 Å². The second-order valence-corrected chi connectivity index (χ2v) is 4.89. The van der Waals surface area contributed by atoms with E-state index in [4.69, 9.17) is 0 Å².